The van der Waals surface area contributed by atoms with Crippen molar-refractivity contribution in [1.29, 1.82) is 0 Å². The minimum absolute atomic E-state index is 0.00528. The molecule has 2 aliphatic carbocycles. The summed E-state index contributed by atoms with van der Waals surface area (Å²) in [4.78, 5) is 0. The van der Waals surface area contributed by atoms with E-state index in [2.05, 4.69) is 154 Å². The van der Waals surface area contributed by atoms with Crippen LogP contribution in [0.1, 0.15) is 88.5 Å². The van der Waals surface area contributed by atoms with Crippen LogP contribution in [0.4, 0.5) is 0 Å². The lowest BCUT2D eigenvalue weighted by molar-refractivity contribution is 0.116. The van der Waals surface area contributed by atoms with Crippen molar-refractivity contribution >= 4 is 0 Å². The third-order valence-electron chi connectivity index (χ3n) is 8.33. The summed E-state index contributed by atoms with van der Waals surface area (Å²) in [6.45, 7) is 21.6. The maximum atomic E-state index is 10.1. The van der Waals surface area contributed by atoms with Gasteiger partial charge in [0.15, 0.2) is 0 Å². The fraction of sp³-hybridized carbons (Fsp3) is 0.450. The smallest absolute Gasteiger partial charge is 0.0729 e. The zero-order valence-corrected chi connectivity index (χ0v) is 27.9. The molecule has 0 heterocycles. The number of allylic oxidation sites excluding steroid dienone is 20. The van der Waals surface area contributed by atoms with Crippen LogP contribution in [0, 0.1) is 16.7 Å². The molecular weight excluding hydrogens is 512 g/mol. The van der Waals surface area contributed by atoms with Gasteiger partial charge in [0, 0.05) is 5.92 Å². The van der Waals surface area contributed by atoms with Crippen molar-refractivity contribution in [2.24, 2.45) is 16.7 Å². The van der Waals surface area contributed by atoms with Crippen molar-refractivity contribution in [2.75, 3.05) is 0 Å². The highest BCUT2D eigenvalue weighted by molar-refractivity contribution is 5.38. The van der Waals surface area contributed by atoms with E-state index in [1.54, 1.807) is 0 Å². The van der Waals surface area contributed by atoms with Crippen molar-refractivity contribution in [3.05, 3.63) is 130 Å². The van der Waals surface area contributed by atoms with Crippen molar-refractivity contribution in [1.82, 2.24) is 0 Å². The van der Waals surface area contributed by atoms with Crippen LogP contribution < -0.4 is 0 Å². The van der Waals surface area contributed by atoms with Gasteiger partial charge < -0.3 is 10.2 Å². The van der Waals surface area contributed by atoms with E-state index in [1.807, 2.05) is 6.08 Å². The Morgan fingerprint density at radius 3 is 1.74 bits per heavy atom. The Morgan fingerprint density at radius 2 is 1.21 bits per heavy atom. The number of aliphatic hydroxyl groups excluding tert-OH is 2. The van der Waals surface area contributed by atoms with E-state index in [0.717, 1.165) is 19.3 Å². The molecule has 0 aromatic carbocycles. The second-order valence-corrected chi connectivity index (χ2v) is 13.7. The average Bonchev–Trinajstić information content (AvgIpc) is 2.84. The maximum absolute atomic E-state index is 10.1. The minimum atomic E-state index is -0.331. The molecule has 0 aliphatic heterocycles. The van der Waals surface area contributed by atoms with E-state index >= 15 is 0 Å². The molecule has 0 aromatic rings. The lowest BCUT2D eigenvalue weighted by atomic mass is 9.67. The molecule has 3 atom stereocenters. The van der Waals surface area contributed by atoms with Crippen molar-refractivity contribution in [3.63, 3.8) is 0 Å². The van der Waals surface area contributed by atoms with Crippen LogP contribution in [0.2, 0.25) is 0 Å². The summed E-state index contributed by atoms with van der Waals surface area (Å²) in [6, 6.07) is 0. The van der Waals surface area contributed by atoms with Gasteiger partial charge in [-0.3, -0.25) is 0 Å². The van der Waals surface area contributed by atoms with Gasteiger partial charge in [0.25, 0.3) is 0 Å². The molecule has 0 aromatic heterocycles. The van der Waals surface area contributed by atoms with Gasteiger partial charge in [0.05, 0.1) is 12.2 Å². The third kappa shape index (κ3) is 11.7. The van der Waals surface area contributed by atoms with Crippen LogP contribution in [0.15, 0.2) is 130 Å². The van der Waals surface area contributed by atoms with Gasteiger partial charge in [-0.1, -0.05) is 152 Å². The summed E-state index contributed by atoms with van der Waals surface area (Å²) in [5.74, 6) is 0.348. The molecule has 42 heavy (non-hydrogen) atoms. The van der Waals surface area contributed by atoms with Crippen LogP contribution >= 0.6 is 0 Å². The number of hydrogen-bond acceptors (Lipinski definition) is 2. The first-order valence-electron chi connectivity index (χ1n) is 15.4. The highest BCUT2D eigenvalue weighted by Crippen LogP contribution is 2.42. The molecule has 2 N–H and O–H groups in total. The molecule has 2 nitrogen and oxygen atoms in total. The number of aliphatic hydroxyl groups is 2. The normalized spacial score (nSPS) is 26.6. The average molecular weight is 569 g/mol. The summed E-state index contributed by atoms with van der Waals surface area (Å²) in [5.41, 5.74) is 8.73. The fourth-order valence-corrected chi connectivity index (χ4v) is 6.14. The Kier molecular flexibility index (Phi) is 13.5. The Labute approximate surface area is 257 Å². The Morgan fingerprint density at radius 1 is 0.714 bits per heavy atom. The number of hydrogen-bond donors (Lipinski definition) is 2. The van der Waals surface area contributed by atoms with E-state index in [-0.39, 0.29) is 23.0 Å². The van der Waals surface area contributed by atoms with Gasteiger partial charge in [-0.25, -0.2) is 0 Å². The van der Waals surface area contributed by atoms with Crippen LogP contribution in [0.25, 0.3) is 0 Å². The fourth-order valence-electron chi connectivity index (χ4n) is 6.14. The summed E-state index contributed by atoms with van der Waals surface area (Å²) < 4.78 is 0. The molecule has 2 rings (SSSR count). The standard InChI is InChI=1S/C40H56O2/c1-29(17-13-19-31(3)21-23-37-33(5)25-35(41)27-39(37,7)8)15-11-12-16-30(2)18-14-20-32(4)22-24-38-34(6)26-36(42)28-40(38,9)10/h11-25,35-37,41-42H,26-28H2,1-10H3/t35-,36?,37-/m0/s1. The summed E-state index contributed by atoms with van der Waals surface area (Å²) in [7, 11) is 0. The van der Waals surface area contributed by atoms with E-state index in [1.165, 1.54) is 39.0 Å². The van der Waals surface area contributed by atoms with E-state index in [4.69, 9.17) is 0 Å². The zero-order chi connectivity index (χ0) is 31.5. The highest BCUT2D eigenvalue weighted by Gasteiger charge is 2.34. The third-order valence-corrected chi connectivity index (χ3v) is 8.33. The molecule has 2 heteroatoms. The maximum Gasteiger partial charge on any atom is 0.0729 e. The van der Waals surface area contributed by atoms with Gasteiger partial charge in [0.2, 0.25) is 0 Å². The quantitative estimate of drug-likeness (QED) is 0.203. The Bertz CT molecular complexity index is 1270. The van der Waals surface area contributed by atoms with Gasteiger partial charge in [-0.2, -0.15) is 0 Å². The molecule has 0 spiro atoms. The molecule has 0 saturated heterocycles. The minimum Gasteiger partial charge on any atom is -0.393 e. The van der Waals surface area contributed by atoms with Crippen LogP contribution in [-0.4, -0.2) is 22.4 Å². The van der Waals surface area contributed by atoms with Gasteiger partial charge in [0.1, 0.15) is 0 Å². The van der Waals surface area contributed by atoms with E-state index in [0.29, 0.717) is 5.92 Å². The lowest BCUT2D eigenvalue weighted by Crippen LogP contribution is -2.32. The molecule has 0 amide bonds. The summed E-state index contributed by atoms with van der Waals surface area (Å²) in [5, 5.41) is 20.2. The Hall–Kier alpha value is -2.94. The summed E-state index contributed by atoms with van der Waals surface area (Å²) in [6.07, 6.45) is 33.8. The topological polar surface area (TPSA) is 40.5 Å². The van der Waals surface area contributed by atoms with E-state index in [9.17, 15) is 10.2 Å². The zero-order valence-electron chi connectivity index (χ0n) is 27.9. The van der Waals surface area contributed by atoms with Crippen LogP contribution in [0.5, 0.6) is 0 Å². The predicted octanol–water partition coefficient (Wildman–Crippen LogP) is 10.4. The molecule has 228 valence electrons. The first-order valence-corrected chi connectivity index (χ1v) is 15.4. The van der Waals surface area contributed by atoms with Crippen molar-refractivity contribution in [3.8, 4) is 0 Å². The van der Waals surface area contributed by atoms with Crippen LogP contribution in [0.3, 0.4) is 0 Å². The molecular formula is C40H56O2. The van der Waals surface area contributed by atoms with E-state index < -0.39 is 0 Å². The molecule has 0 radical (unpaired) electrons. The highest BCUT2D eigenvalue weighted by atomic mass is 16.3. The molecule has 2 aliphatic rings. The first-order chi connectivity index (χ1) is 19.6. The largest absolute Gasteiger partial charge is 0.393 e. The first kappa shape index (κ1) is 35.3. The van der Waals surface area contributed by atoms with Gasteiger partial charge in [-0.15, -0.1) is 0 Å². The van der Waals surface area contributed by atoms with Crippen molar-refractivity contribution in [2.45, 2.75) is 101 Å². The molecule has 0 saturated carbocycles. The summed E-state index contributed by atoms with van der Waals surface area (Å²) >= 11 is 0. The Balaban J connectivity index is 1.90. The van der Waals surface area contributed by atoms with Gasteiger partial charge in [-0.05, 0) is 77.2 Å². The second kappa shape index (κ2) is 16.1. The van der Waals surface area contributed by atoms with Crippen LogP contribution in [-0.2, 0) is 0 Å². The number of rotatable bonds is 10. The van der Waals surface area contributed by atoms with Gasteiger partial charge >= 0.3 is 0 Å². The molecule has 0 bridgehead atoms. The SMILES string of the molecule is CC(C=CC=C(C)C=CC1=C(C)CC(O)CC1(C)C)=CC=CC=C(C)C=CC=C(C)C=C[C@H]1C(C)=C[C@H](O)CC1(C)C. The predicted molar refractivity (Wildman–Crippen MR) is 184 cm³/mol. The lowest BCUT2D eigenvalue weighted by Gasteiger charge is -2.38. The molecule has 0 fully saturated rings. The monoisotopic (exact) mass is 568 g/mol. The van der Waals surface area contributed by atoms with Crippen molar-refractivity contribution < 1.29 is 10.2 Å². The molecule has 1 unspecified atom stereocenters. The second-order valence-electron chi connectivity index (χ2n) is 13.7.